The van der Waals surface area contributed by atoms with Gasteiger partial charge >= 0.3 is 5.97 Å². The van der Waals surface area contributed by atoms with E-state index in [9.17, 15) is 14.0 Å². The number of carboxylic acids is 1. The average Bonchev–Trinajstić information content (AvgIpc) is 3.06. The van der Waals surface area contributed by atoms with E-state index in [2.05, 4.69) is 4.98 Å². The van der Waals surface area contributed by atoms with Crippen molar-refractivity contribution in [2.24, 2.45) is 0 Å². The third-order valence-corrected chi connectivity index (χ3v) is 5.30. The molecule has 2 heterocycles. The number of carbonyl (C=O) groups excluding carboxylic acids is 1. The molecular weight excluding hydrogens is 407 g/mol. The molecule has 0 atom stereocenters. The van der Waals surface area contributed by atoms with Gasteiger partial charge in [-0.1, -0.05) is 29.8 Å². The third kappa shape index (κ3) is 3.25. The molecule has 1 N–H and O–H groups in total. The number of rotatable bonds is 3. The first-order valence-corrected chi connectivity index (χ1v) is 9.46. The molecule has 2 aromatic heterocycles. The van der Waals surface area contributed by atoms with Crippen molar-refractivity contribution in [3.8, 4) is 11.1 Å². The van der Waals surface area contributed by atoms with Gasteiger partial charge in [0.1, 0.15) is 5.82 Å². The highest BCUT2D eigenvalue weighted by molar-refractivity contribution is 6.34. The summed E-state index contributed by atoms with van der Waals surface area (Å²) in [6.07, 6.45) is 3.09. The van der Waals surface area contributed by atoms with Crippen LogP contribution in [-0.2, 0) is 0 Å². The largest absolute Gasteiger partial charge is 0.478 e. The number of aryl methyl sites for hydroxylation is 2. The number of pyridine rings is 1. The van der Waals surface area contributed by atoms with Crippen LogP contribution in [0.15, 0.2) is 54.9 Å². The fraction of sp³-hybridized carbons (Fsp3) is 0.0870. The van der Waals surface area contributed by atoms with Crippen LogP contribution >= 0.6 is 11.6 Å². The minimum absolute atomic E-state index is 0.152. The van der Waals surface area contributed by atoms with Crippen LogP contribution in [0.3, 0.4) is 0 Å². The third-order valence-electron chi connectivity index (χ3n) is 4.99. The van der Waals surface area contributed by atoms with Gasteiger partial charge in [-0.25, -0.2) is 9.18 Å². The van der Waals surface area contributed by atoms with Crippen LogP contribution in [0.5, 0.6) is 0 Å². The van der Waals surface area contributed by atoms with Crippen LogP contribution in [0.25, 0.3) is 22.0 Å². The number of fused-ring (bicyclic) bond motifs is 1. The molecule has 0 radical (unpaired) electrons. The summed E-state index contributed by atoms with van der Waals surface area (Å²) in [6.45, 7) is 3.59. The van der Waals surface area contributed by atoms with E-state index < -0.39 is 11.8 Å². The molecule has 0 spiro atoms. The van der Waals surface area contributed by atoms with Gasteiger partial charge in [0.05, 0.1) is 27.9 Å². The van der Waals surface area contributed by atoms with E-state index in [-0.39, 0.29) is 17.0 Å². The van der Waals surface area contributed by atoms with Gasteiger partial charge in [0.15, 0.2) is 0 Å². The SMILES string of the molecule is Cc1cc2c(-c3ccc(C(=O)O)cc3F)cn(C(=O)c3c(C)cccc3Cl)c2cn1. The van der Waals surface area contributed by atoms with Gasteiger partial charge in [-0.05, 0) is 43.7 Å². The zero-order chi connectivity index (χ0) is 21.6. The Hall–Kier alpha value is -3.51. The Balaban J connectivity index is 1.97. The topological polar surface area (TPSA) is 72.2 Å². The van der Waals surface area contributed by atoms with Crippen molar-refractivity contribution in [2.75, 3.05) is 0 Å². The molecule has 0 fully saturated rings. The van der Waals surface area contributed by atoms with Crippen molar-refractivity contribution >= 4 is 34.4 Å². The van der Waals surface area contributed by atoms with Crippen LogP contribution in [0, 0.1) is 19.7 Å². The Kier molecular flexibility index (Phi) is 4.87. The summed E-state index contributed by atoms with van der Waals surface area (Å²) >= 11 is 6.28. The highest BCUT2D eigenvalue weighted by atomic mass is 35.5. The molecule has 4 rings (SSSR count). The van der Waals surface area contributed by atoms with Crippen LogP contribution in [-0.4, -0.2) is 26.5 Å². The molecule has 0 aliphatic heterocycles. The smallest absolute Gasteiger partial charge is 0.335 e. The number of hydrogen-bond acceptors (Lipinski definition) is 3. The second kappa shape index (κ2) is 7.39. The Morgan fingerprint density at radius 3 is 2.53 bits per heavy atom. The zero-order valence-corrected chi connectivity index (χ0v) is 16.9. The summed E-state index contributed by atoms with van der Waals surface area (Å²) in [5, 5.41) is 10.0. The van der Waals surface area contributed by atoms with Crippen LogP contribution in [0.4, 0.5) is 4.39 Å². The van der Waals surface area contributed by atoms with E-state index in [1.54, 1.807) is 44.3 Å². The van der Waals surface area contributed by atoms with Crippen molar-refractivity contribution in [3.05, 3.63) is 88.1 Å². The van der Waals surface area contributed by atoms with Crippen LogP contribution in [0.1, 0.15) is 32.0 Å². The molecule has 0 bridgehead atoms. The van der Waals surface area contributed by atoms with E-state index in [0.29, 0.717) is 38.3 Å². The van der Waals surface area contributed by atoms with Gasteiger partial charge in [-0.3, -0.25) is 14.3 Å². The first-order valence-electron chi connectivity index (χ1n) is 9.08. The maximum absolute atomic E-state index is 14.8. The molecule has 7 heteroatoms. The number of nitrogens with zero attached hydrogens (tertiary/aromatic N) is 2. The lowest BCUT2D eigenvalue weighted by atomic mass is 10.0. The quantitative estimate of drug-likeness (QED) is 0.473. The predicted molar refractivity (Wildman–Crippen MR) is 113 cm³/mol. The minimum Gasteiger partial charge on any atom is -0.478 e. The monoisotopic (exact) mass is 422 g/mol. The molecule has 0 saturated carbocycles. The minimum atomic E-state index is -1.22. The van der Waals surface area contributed by atoms with E-state index in [4.69, 9.17) is 16.7 Å². The molecule has 30 heavy (non-hydrogen) atoms. The van der Waals surface area contributed by atoms with Crippen molar-refractivity contribution in [2.45, 2.75) is 13.8 Å². The normalized spacial score (nSPS) is 11.1. The summed E-state index contributed by atoms with van der Waals surface area (Å²) in [4.78, 5) is 28.8. The molecule has 0 unspecified atom stereocenters. The lowest BCUT2D eigenvalue weighted by Crippen LogP contribution is -2.13. The summed E-state index contributed by atoms with van der Waals surface area (Å²) in [5.74, 6) is -2.26. The Morgan fingerprint density at radius 2 is 1.87 bits per heavy atom. The first-order chi connectivity index (χ1) is 14.3. The Bertz CT molecular complexity index is 1320. The Morgan fingerprint density at radius 1 is 1.10 bits per heavy atom. The second-order valence-electron chi connectivity index (χ2n) is 6.99. The van der Waals surface area contributed by atoms with E-state index in [0.717, 1.165) is 6.07 Å². The molecule has 5 nitrogen and oxygen atoms in total. The average molecular weight is 423 g/mol. The highest BCUT2D eigenvalue weighted by Gasteiger charge is 2.22. The summed E-state index contributed by atoms with van der Waals surface area (Å²) in [7, 11) is 0. The van der Waals surface area contributed by atoms with Gasteiger partial charge in [-0.15, -0.1) is 0 Å². The fourth-order valence-corrected chi connectivity index (χ4v) is 3.80. The standard InChI is InChI=1S/C23H16ClFN2O3/c1-12-4-3-5-18(24)21(12)22(28)27-11-17(16-8-13(2)26-10-20(16)27)15-7-6-14(23(29)30)9-19(15)25/h3-11H,1-2H3,(H,29,30). The number of carbonyl (C=O) groups is 2. The molecule has 150 valence electrons. The fourth-order valence-electron chi connectivity index (χ4n) is 3.50. The van der Waals surface area contributed by atoms with E-state index in [1.165, 1.54) is 22.9 Å². The lowest BCUT2D eigenvalue weighted by Gasteiger charge is -2.09. The second-order valence-corrected chi connectivity index (χ2v) is 7.40. The number of halogens is 2. The number of carboxylic acid groups (broad SMARTS) is 1. The molecule has 4 aromatic rings. The maximum Gasteiger partial charge on any atom is 0.335 e. The van der Waals surface area contributed by atoms with Gasteiger partial charge in [0.25, 0.3) is 5.91 Å². The summed E-state index contributed by atoms with van der Waals surface area (Å²) < 4.78 is 16.2. The van der Waals surface area contributed by atoms with Gasteiger partial charge in [0, 0.05) is 28.4 Å². The van der Waals surface area contributed by atoms with Gasteiger partial charge in [-0.2, -0.15) is 0 Å². The van der Waals surface area contributed by atoms with Crippen molar-refractivity contribution in [1.29, 1.82) is 0 Å². The van der Waals surface area contributed by atoms with Gasteiger partial charge < -0.3 is 5.11 Å². The van der Waals surface area contributed by atoms with Gasteiger partial charge in [0.2, 0.25) is 0 Å². The summed E-state index contributed by atoms with van der Waals surface area (Å²) in [6, 6.07) is 10.7. The lowest BCUT2D eigenvalue weighted by molar-refractivity contribution is 0.0696. The molecule has 0 amide bonds. The van der Waals surface area contributed by atoms with Crippen molar-refractivity contribution < 1.29 is 19.1 Å². The summed E-state index contributed by atoms with van der Waals surface area (Å²) in [5.41, 5.74) is 2.77. The number of aromatic carboxylic acids is 1. The number of benzene rings is 2. The molecule has 0 aliphatic carbocycles. The van der Waals surface area contributed by atoms with Crippen molar-refractivity contribution in [3.63, 3.8) is 0 Å². The predicted octanol–water partition coefficient (Wildman–Crippen LogP) is 5.50. The zero-order valence-electron chi connectivity index (χ0n) is 16.1. The van der Waals surface area contributed by atoms with E-state index >= 15 is 0 Å². The van der Waals surface area contributed by atoms with Crippen LogP contribution < -0.4 is 0 Å². The molecule has 0 aliphatic rings. The van der Waals surface area contributed by atoms with E-state index in [1.807, 2.05) is 0 Å². The first kappa shape index (κ1) is 19.8. The number of hydrogen-bond donors (Lipinski definition) is 1. The number of aromatic nitrogens is 2. The van der Waals surface area contributed by atoms with Crippen LogP contribution in [0.2, 0.25) is 5.02 Å². The highest BCUT2D eigenvalue weighted by Crippen LogP contribution is 2.34. The molecule has 0 saturated heterocycles. The molecule has 2 aromatic carbocycles. The molecular formula is C23H16ClFN2O3. The maximum atomic E-state index is 14.8. The van der Waals surface area contributed by atoms with Crippen molar-refractivity contribution in [1.82, 2.24) is 9.55 Å². The Labute approximate surface area is 176 Å².